The molecular formula is C32H29NO3. The molecule has 36 heavy (non-hydrogen) atoms. The molecule has 0 aliphatic rings. The Morgan fingerprint density at radius 2 is 1.56 bits per heavy atom. The van der Waals surface area contributed by atoms with Crippen molar-refractivity contribution >= 4 is 16.9 Å². The largest absolute Gasteiger partial charge is 0.489 e. The standard InChI is InChI=1S/C32H29NO3/c1-3-35-32(34)29-16-10-7-13-25(29)21-33-20-23(2)30-19-27(17-18-31(30)33)36-22-26-14-8-9-15-28(26)24-11-5-4-6-12-24/h4-20H,3,21-22H2,1-2H3. The molecule has 0 aliphatic heterocycles. The quantitative estimate of drug-likeness (QED) is 0.219. The number of hydrogen-bond donors (Lipinski definition) is 0. The second kappa shape index (κ2) is 10.5. The molecule has 4 nitrogen and oxygen atoms in total. The summed E-state index contributed by atoms with van der Waals surface area (Å²) >= 11 is 0. The van der Waals surface area contributed by atoms with Gasteiger partial charge in [0, 0.05) is 23.6 Å². The Morgan fingerprint density at radius 1 is 0.833 bits per heavy atom. The first-order valence-electron chi connectivity index (χ1n) is 12.2. The van der Waals surface area contributed by atoms with Crippen molar-refractivity contribution in [2.45, 2.75) is 27.0 Å². The lowest BCUT2D eigenvalue weighted by molar-refractivity contribution is 0.0525. The molecule has 0 fully saturated rings. The van der Waals surface area contributed by atoms with Crippen LogP contribution in [0.1, 0.15) is 34.0 Å². The molecule has 0 aliphatic carbocycles. The third-order valence-electron chi connectivity index (χ3n) is 6.40. The van der Waals surface area contributed by atoms with Crippen LogP contribution >= 0.6 is 0 Å². The number of carbonyl (C=O) groups is 1. The summed E-state index contributed by atoms with van der Waals surface area (Å²) in [6.45, 7) is 5.36. The van der Waals surface area contributed by atoms with Crippen LogP contribution in [0.2, 0.25) is 0 Å². The minimum absolute atomic E-state index is 0.284. The van der Waals surface area contributed by atoms with Crippen molar-refractivity contribution in [2.24, 2.45) is 0 Å². The highest BCUT2D eigenvalue weighted by Crippen LogP contribution is 2.29. The van der Waals surface area contributed by atoms with Crippen LogP contribution in [-0.2, 0) is 17.9 Å². The molecule has 0 N–H and O–H groups in total. The topological polar surface area (TPSA) is 40.5 Å². The van der Waals surface area contributed by atoms with Gasteiger partial charge in [-0.25, -0.2) is 4.79 Å². The minimum Gasteiger partial charge on any atom is -0.489 e. The monoisotopic (exact) mass is 475 g/mol. The van der Waals surface area contributed by atoms with Crippen LogP contribution in [-0.4, -0.2) is 17.1 Å². The highest BCUT2D eigenvalue weighted by Gasteiger charge is 2.14. The van der Waals surface area contributed by atoms with E-state index in [0.29, 0.717) is 25.3 Å². The van der Waals surface area contributed by atoms with Crippen LogP contribution in [0.25, 0.3) is 22.0 Å². The minimum atomic E-state index is -0.284. The molecule has 0 saturated heterocycles. The van der Waals surface area contributed by atoms with Gasteiger partial charge in [-0.05, 0) is 65.9 Å². The fraction of sp³-hybridized carbons (Fsp3) is 0.156. The summed E-state index contributed by atoms with van der Waals surface area (Å²) in [5.41, 5.74) is 7.32. The van der Waals surface area contributed by atoms with Gasteiger partial charge in [0.15, 0.2) is 0 Å². The molecule has 0 unspecified atom stereocenters. The van der Waals surface area contributed by atoms with Gasteiger partial charge in [0.2, 0.25) is 0 Å². The summed E-state index contributed by atoms with van der Waals surface area (Å²) < 4.78 is 13.7. The maximum atomic E-state index is 12.4. The maximum Gasteiger partial charge on any atom is 0.338 e. The highest BCUT2D eigenvalue weighted by molar-refractivity contribution is 5.91. The zero-order valence-electron chi connectivity index (χ0n) is 20.6. The number of carbonyl (C=O) groups excluding carboxylic acids is 1. The smallest absolute Gasteiger partial charge is 0.338 e. The van der Waals surface area contributed by atoms with Gasteiger partial charge in [-0.1, -0.05) is 72.8 Å². The van der Waals surface area contributed by atoms with Gasteiger partial charge in [-0.2, -0.15) is 0 Å². The average molecular weight is 476 g/mol. The number of aromatic nitrogens is 1. The Bertz CT molecular complexity index is 1500. The lowest BCUT2D eigenvalue weighted by atomic mass is 10.0. The number of esters is 1. The molecule has 0 spiro atoms. The van der Waals surface area contributed by atoms with Crippen LogP contribution in [0.15, 0.2) is 103 Å². The Morgan fingerprint density at radius 3 is 2.36 bits per heavy atom. The molecule has 0 saturated carbocycles. The molecule has 1 heterocycles. The molecule has 1 aromatic heterocycles. The number of fused-ring (bicyclic) bond motifs is 1. The van der Waals surface area contributed by atoms with E-state index < -0.39 is 0 Å². The molecule has 0 radical (unpaired) electrons. The van der Waals surface area contributed by atoms with Crippen molar-refractivity contribution in [1.29, 1.82) is 0 Å². The molecule has 4 heteroatoms. The second-order valence-corrected chi connectivity index (χ2v) is 8.81. The third kappa shape index (κ3) is 4.89. The Balaban J connectivity index is 1.38. The Labute approximate surface area is 211 Å². The summed E-state index contributed by atoms with van der Waals surface area (Å²) in [5.74, 6) is 0.547. The van der Waals surface area contributed by atoms with Crippen LogP contribution in [0.3, 0.4) is 0 Å². The third-order valence-corrected chi connectivity index (χ3v) is 6.40. The summed E-state index contributed by atoms with van der Waals surface area (Å²) in [7, 11) is 0. The summed E-state index contributed by atoms with van der Waals surface area (Å²) in [4.78, 5) is 12.4. The molecule has 0 bridgehead atoms. The van der Waals surface area contributed by atoms with Crippen LogP contribution in [0.4, 0.5) is 0 Å². The van der Waals surface area contributed by atoms with Gasteiger partial charge in [-0.3, -0.25) is 0 Å². The van der Waals surface area contributed by atoms with Crippen molar-refractivity contribution in [3.8, 4) is 16.9 Å². The van der Waals surface area contributed by atoms with Gasteiger partial charge in [0.05, 0.1) is 12.2 Å². The van der Waals surface area contributed by atoms with Crippen molar-refractivity contribution in [3.05, 3.63) is 126 Å². The molecular weight excluding hydrogens is 446 g/mol. The van der Waals surface area contributed by atoms with Gasteiger partial charge < -0.3 is 14.0 Å². The average Bonchev–Trinajstić information content (AvgIpc) is 3.23. The van der Waals surface area contributed by atoms with E-state index in [1.807, 2.05) is 49.4 Å². The number of hydrogen-bond acceptors (Lipinski definition) is 3. The zero-order valence-corrected chi connectivity index (χ0v) is 20.6. The predicted molar refractivity (Wildman–Crippen MR) is 144 cm³/mol. The van der Waals surface area contributed by atoms with E-state index in [1.54, 1.807) is 0 Å². The van der Waals surface area contributed by atoms with E-state index in [0.717, 1.165) is 33.3 Å². The first-order chi connectivity index (χ1) is 17.6. The Hall–Kier alpha value is -4.31. The highest BCUT2D eigenvalue weighted by atomic mass is 16.5. The second-order valence-electron chi connectivity index (χ2n) is 8.81. The molecule has 5 rings (SSSR count). The first kappa shape index (κ1) is 23.4. The SMILES string of the molecule is CCOC(=O)c1ccccc1Cn1cc(C)c2cc(OCc3ccccc3-c3ccccc3)ccc21. The van der Waals surface area contributed by atoms with Crippen molar-refractivity contribution in [3.63, 3.8) is 0 Å². The number of benzene rings is 4. The molecule has 5 aromatic rings. The molecule has 180 valence electrons. The fourth-order valence-corrected chi connectivity index (χ4v) is 4.63. The van der Waals surface area contributed by atoms with Crippen LogP contribution in [0.5, 0.6) is 5.75 Å². The molecule has 0 amide bonds. The van der Waals surface area contributed by atoms with Crippen LogP contribution in [0, 0.1) is 6.92 Å². The fourth-order valence-electron chi connectivity index (χ4n) is 4.63. The molecule has 0 atom stereocenters. The lowest BCUT2D eigenvalue weighted by Crippen LogP contribution is -2.10. The van der Waals surface area contributed by atoms with Gasteiger partial charge >= 0.3 is 5.97 Å². The van der Waals surface area contributed by atoms with Gasteiger partial charge in [0.1, 0.15) is 12.4 Å². The van der Waals surface area contributed by atoms with E-state index in [9.17, 15) is 4.79 Å². The van der Waals surface area contributed by atoms with E-state index in [2.05, 4.69) is 72.3 Å². The van der Waals surface area contributed by atoms with Gasteiger partial charge in [0.25, 0.3) is 0 Å². The Kier molecular flexibility index (Phi) is 6.85. The summed E-state index contributed by atoms with van der Waals surface area (Å²) in [6.07, 6.45) is 2.13. The number of aryl methyl sites for hydroxylation is 1. The predicted octanol–water partition coefficient (Wildman–Crippen LogP) is 7.42. The number of ether oxygens (including phenoxy) is 2. The first-order valence-corrected chi connectivity index (χ1v) is 12.2. The normalized spacial score (nSPS) is 10.9. The summed E-state index contributed by atoms with van der Waals surface area (Å²) in [5, 5.41) is 1.14. The molecule has 4 aromatic carbocycles. The van der Waals surface area contributed by atoms with E-state index in [4.69, 9.17) is 9.47 Å². The van der Waals surface area contributed by atoms with E-state index >= 15 is 0 Å². The van der Waals surface area contributed by atoms with Crippen LogP contribution < -0.4 is 4.74 Å². The van der Waals surface area contributed by atoms with Crippen molar-refractivity contribution < 1.29 is 14.3 Å². The van der Waals surface area contributed by atoms with E-state index in [-0.39, 0.29) is 5.97 Å². The number of rotatable bonds is 8. The lowest BCUT2D eigenvalue weighted by Gasteiger charge is -2.13. The van der Waals surface area contributed by atoms with E-state index in [1.165, 1.54) is 11.1 Å². The van der Waals surface area contributed by atoms with Crippen molar-refractivity contribution in [2.75, 3.05) is 6.61 Å². The maximum absolute atomic E-state index is 12.4. The van der Waals surface area contributed by atoms with Crippen molar-refractivity contribution in [1.82, 2.24) is 4.57 Å². The van der Waals surface area contributed by atoms with Gasteiger partial charge in [-0.15, -0.1) is 0 Å². The summed E-state index contributed by atoms with van der Waals surface area (Å²) in [6, 6.07) is 32.6. The number of nitrogens with zero attached hydrogens (tertiary/aromatic N) is 1. The zero-order chi connectivity index (χ0) is 24.9.